The molecule has 0 radical (unpaired) electrons. The highest BCUT2D eigenvalue weighted by Gasteiger charge is 2.23. The Balaban J connectivity index is 1.88. The Kier molecular flexibility index (Phi) is 4.08. The molecule has 2 unspecified atom stereocenters. The monoisotopic (exact) mass is 240 g/mol. The molecule has 3 heteroatoms. The van der Waals surface area contributed by atoms with Crippen molar-refractivity contribution in [3.8, 4) is 5.75 Å². The van der Waals surface area contributed by atoms with Gasteiger partial charge in [-0.3, -0.25) is 0 Å². The van der Waals surface area contributed by atoms with Crippen molar-refractivity contribution in [3.63, 3.8) is 0 Å². The van der Waals surface area contributed by atoms with Crippen LogP contribution in [0.5, 0.6) is 5.75 Å². The van der Waals surface area contributed by atoms with Gasteiger partial charge in [0, 0.05) is 18.6 Å². The first-order valence-corrected chi connectivity index (χ1v) is 6.09. The molecule has 0 fully saturated rings. The van der Waals surface area contributed by atoms with Crippen molar-refractivity contribution in [1.29, 1.82) is 0 Å². The van der Waals surface area contributed by atoms with E-state index in [4.69, 9.17) is 21.1 Å². The maximum Gasteiger partial charge on any atom is 0.122 e. The molecule has 1 aromatic rings. The molecular weight excluding hydrogens is 224 g/mol. The Hall–Kier alpha value is -0.730. The van der Waals surface area contributed by atoms with E-state index in [9.17, 15) is 0 Å². The molecule has 2 rings (SSSR count). The van der Waals surface area contributed by atoms with E-state index in [2.05, 4.69) is 12.1 Å². The largest absolute Gasteiger partial charge is 0.493 e. The minimum Gasteiger partial charge on any atom is -0.493 e. The Bertz CT molecular complexity index is 340. The molecule has 2 nitrogen and oxygen atoms in total. The van der Waals surface area contributed by atoms with Gasteiger partial charge < -0.3 is 9.47 Å². The van der Waals surface area contributed by atoms with Crippen molar-refractivity contribution in [2.24, 2.45) is 0 Å². The second-order valence-electron chi connectivity index (χ2n) is 4.18. The van der Waals surface area contributed by atoms with Crippen LogP contribution in [0.1, 0.15) is 24.3 Å². The lowest BCUT2D eigenvalue weighted by Gasteiger charge is -2.11. The number of para-hydroxylation sites is 1. The zero-order chi connectivity index (χ0) is 11.4. The number of rotatable bonds is 5. The van der Waals surface area contributed by atoms with Crippen LogP contribution in [0.25, 0.3) is 0 Å². The van der Waals surface area contributed by atoms with Crippen molar-refractivity contribution >= 4 is 11.6 Å². The highest BCUT2D eigenvalue weighted by Crippen LogP contribution is 2.36. The quantitative estimate of drug-likeness (QED) is 0.736. The third kappa shape index (κ3) is 2.69. The summed E-state index contributed by atoms with van der Waals surface area (Å²) < 4.78 is 10.7. The number of hydrogen-bond acceptors (Lipinski definition) is 2. The highest BCUT2D eigenvalue weighted by molar-refractivity contribution is 6.20. The molecule has 0 amide bonds. The number of hydrogen-bond donors (Lipinski definition) is 0. The van der Waals surface area contributed by atoms with E-state index in [1.165, 1.54) is 5.56 Å². The Morgan fingerprint density at radius 1 is 1.50 bits per heavy atom. The van der Waals surface area contributed by atoms with Gasteiger partial charge in [-0.25, -0.2) is 0 Å². The third-order valence-corrected chi connectivity index (χ3v) is 3.32. The fourth-order valence-corrected chi connectivity index (χ4v) is 2.37. The molecule has 0 spiro atoms. The summed E-state index contributed by atoms with van der Waals surface area (Å²) in [4.78, 5) is 0. The van der Waals surface area contributed by atoms with Crippen molar-refractivity contribution in [2.45, 2.75) is 24.1 Å². The van der Waals surface area contributed by atoms with Gasteiger partial charge >= 0.3 is 0 Å². The summed E-state index contributed by atoms with van der Waals surface area (Å²) in [6.07, 6.45) is 2.03. The normalized spacial score (nSPS) is 20.2. The summed E-state index contributed by atoms with van der Waals surface area (Å²) in [6.45, 7) is 1.41. The Labute approximate surface area is 102 Å². The minimum atomic E-state index is 0.109. The smallest absolute Gasteiger partial charge is 0.122 e. The van der Waals surface area contributed by atoms with E-state index < -0.39 is 0 Å². The van der Waals surface area contributed by atoms with Crippen molar-refractivity contribution < 1.29 is 9.47 Å². The molecule has 0 aromatic heterocycles. The third-order valence-electron chi connectivity index (χ3n) is 2.97. The van der Waals surface area contributed by atoms with Crippen molar-refractivity contribution in [1.82, 2.24) is 0 Å². The van der Waals surface area contributed by atoms with Gasteiger partial charge in [0.1, 0.15) is 5.75 Å². The summed E-state index contributed by atoms with van der Waals surface area (Å²) in [5.74, 6) is 1.53. The zero-order valence-corrected chi connectivity index (χ0v) is 10.2. The first kappa shape index (κ1) is 11.7. The SMILES string of the molecule is COCC(Cl)CCC1COc2ccccc21. The van der Waals surface area contributed by atoms with E-state index >= 15 is 0 Å². The highest BCUT2D eigenvalue weighted by atomic mass is 35.5. The zero-order valence-electron chi connectivity index (χ0n) is 9.49. The summed E-state index contributed by atoms with van der Waals surface area (Å²) in [6, 6.07) is 8.25. The lowest BCUT2D eigenvalue weighted by atomic mass is 9.95. The molecule has 0 saturated carbocycles. The van der Waals surface area contributed by atoms with Crippen LogP contribution in [0, 0.1) is 0 Å². The lowest BCUT2D eigenvalue weighted by molar-refractivity contribution is 0.193. The van der Waals surface area contributed by atoms with E-state index in [0.29, 0.717) is 12.5 Å². The maximum atomic E-state index is 6.12. The molecule has 0 N–H and O–H groups in total. The molecule has 2 atom stereocenters. The van der Waals surface area contributed by atoms with Gasteiger partial charge in [-0.15, -0.1) is 11.6 Å². The van der Waals surface area contributed by atoms with E-state index in [1.807, 2.05) is 12.1 Å². The number of ether oxygens (including phenoxy) is 2. The number of alkyl halides is 1. The fraction of sp³-hybridized carbons (Fsp3) is 0.538. The second kappa shape index (κ2) is 5.55. The van der Waals surface area contributed by atoms with Crippen LogP contribution in [-0.4, -0.2) is 25.7 Å². The maximum absolute atomic E-state index is 6.12. The molecule has 16 heavy (non-hydrogen) atoms. The summed E-state index contributed by atoms with van der Waals surface area (Å²) in [5, 5.41) is 0.109. The van der Waals surface area contributed by atoms with Crippen LogP contribution in [0.4, 0.5) is 0 Å². The number of halogens is 1. The second-order valence-corrected chi connectivity index (χ2v) is 4.79. The first-order valence-electron chi connectivity index (χ1n) is 5.66. The molecular formula is C13H17ClO2. The average Bonchev–Trinajstić information content (AvgIpc) is 2.70. The van der Waals surface area contributed by atoms with E-state index in [1.54, 1.807) is 7.11 Å². The molecule has 88 valence electrons. The molecule has 1 heterocycles. The average molecular weight is 241 g/mol. The minimum absolute atomic E-state index is 0.109. The van der Waals surface area contributed by atoms with E-state index in [0.717, 1.165) is 25.2 Å². The van der Waals surface area contributed by atoms with Crippen LogP contribution in [0.15, 0.2) is 24.3 Å². The van der Waals surface area contributed by atoms with Gasteiger partial charge in [-0.2, -0.15) is 0 Å². The summed E-state index contributed by atoms with van der Waals surface area (Å²) in [5.41, 5.74) is 1.32. The molecule has 0 saturated heterocycles. The first-order chi connectivity index (χ1) is 7.81. The Morgan fingerprint density at radius 2 is 2.31 bits per heavy atom. The van der Waals surface area contributed by atoms with Gasteiger partial charge in [-0.05, 0) is 18.9 Å². The lowest BCUT2D eigenvalue weighted by Crippen LogP contribution is -2.10. The predicted molar refractivity (Wildman–Crippen MR) is 65.4 cm³/mol. The van der Waals surface area contributed by atoms with Crippen LogP contribution in [-0.2, 0) is 4.74 Å². The van der Waals surface area contributed by atoms with Crippen LogP contribution in [0.3, 0.4) is 0 Å². The number of fused-ring (bicyclic) bond motifs is 1. The molecule has 1 aliphatic rings. The molecule has 1 aromatic carbocycles. The van der Waals surface area contributed by atoms with E-state index in [-0.39, 0.29) is 5.38 Å². The van der Waals surface area contributed by atoms with Crippen LogP contribution >= 0.6 is 11.6 Å². The van der Waals surface area contributed by atoms with Gasteiger partial charge in [0.2, 0.25) is 0 Å². The van der Waals surface area contributed by atoms with Gasteiger partial charge in [0.15, 0.2) is 0 Å². The standard InChI is InChI=1S/C13H17ClO2/c1-15-9-11(14)7-6-10-8-16-13-5-3-2-4-12(10)13/h2-5,10-11H,6-9H2,1H3. The molecule has 1 aliphatic heterocycles. The van der Waals surface area contributed by atoms with Crippen molar-refractivity contribution in [2.75, 3.05) is 20.3 Å². The number of methoxy groups -OCH3 is 1. The van der Waals surface area contributed by atoms with Crippen LogP contribution in [0.2, 0.25) is 0 Å². The predicted octanol–water partition coefficient (Wildman–Crippen LogP) is 3.20. The molecule has 0 aliphatic carbocycles. The number of benzene rings is 1. The summed E-state index contributed by atoms with van der Waals surface area (Å²) in [7, 11) is 1.68. The van der Waals surface area contributed by atoms with Crippen LogP contribution < -0.4 is 4.74 Å². The topological polar surface area (TPSA) is 18.5 Å². The van der Waals surface area contributed by atoms with Crippen molar-refractivity contribution in [3.05, 3.63) is 29.8 Å². The fourth-order valence-electron chi connectivity index (χ4n) is 2.11. The molecule has 0 bridgehead atoms. The van der Waals surface area contributed by atoms with Gasteiger partial charge in [-0.1, -0.05) is 18.2 Å². The summed E-state index contributed by atoms with van der Waals surface area (Å²) >= 11 is 6.12. The van der Waals surface area contributed by atoms with Gasteiger partial charge in [0.05, 0.1) is 18.6 Å². The van der Waals surface area contributed by atoms with Gasteiger partial charge in [0.25, 0.3) is 0 Å². The Morgan fingerprint density at radius 3 is 3.12 bits per heavy atom.